The van der Waals surface area contributed by atoms with Gasteiger partial charge in [-0.25, -0.2) is 9.78 Å². The van der Waals surface area contributed by atoms with Crippen LogP contribution in [0.5, 0.6) is 0 Å². The van der Waals surface area contributed by atoms with Crippen molar-refractivity contribution in [3.05, 3.63) is 68.9 Å². The molecule has 0 spiro atoms. The van der Waals surface area contributed by atoms with Crippen molar-refractivity contribution < 1.29 is 14.7 Å². The molecule has 1 atom stereocenters. The Morgan fingerprint density at radius 1 is 1.27 bits per heavy atom. The highest BCUT2D eigenvalue weighted by molar-refractivity contribution is 7.09. The topological polar surface area (TPSA) is 108 Å². The zero-order valence-corrected chi connectivity index (χ0v) is 15.1. The molecule has 0 saturated carbocycles. The number of nitrogens with one attached hydrogen (secondary N) is 2. The molecule has 0 aliphatic rings. The molecule has 26 heavy (non-hydrogen) atoms. The first-order chi connectivity index (χ1) is 12.5. The number of thiazole rings is 1. The van der Waals surface area contributed by atoms with Gasteiger partial charge in [-0.1, -0.05) is 30.3 Å². The zero-order valence-electron chi connectivity index (χ0n) is 14.3. The Morgan fingerprint density at radius 3 is 2.62 bits per heavy atom. The summed E-state index contributed by atoms with van der Waals surface area (Å²) >= 11 is 1.37. The maximum Gasteiger partial charge on any atom is 0.331 e. The van der Waals surface area contributed by atoms with Gasteiger partial charge < -0.3 is 10.4 Å². The van der Waals surface area contributed by atoms with Crippen molar-refractivity contribution in [2.45, 2.75) is 26.3 Å². The number of hydrogen-bond acceptors (Lipinski definition) is 5. The molecule has 1 amide bonds. The van der Waals surface area contributed by atoms with Gasteiger partial charge in [-0.3, -0.25) is 9.89 Å². The summed E-state index contributed by atoms with van der Waals surface area (Å²) in [5.74, 6) is -1.67. The van der Waals surface area contributed by atoms with E-state index >= 15 is 0 Å². The lowest BCUT2D eigenvalue weighted by Crippen LogP contribution is -2.34. The number of carboxylic acids is 1. The fourth-order valence-electron chi connectivity index (χ4n) is 2.71. The largest absolute Gasteiger partial charge is 0.479 e. The normalized spacial score (nSPS) is 11.9. The van der Waals surface area contributed by atoms with Gasteiger partial charge in [0.05, 0.1) is 10.7 Å². The molecule has 7 nitrogen and oxygen atoms in total. The third-order valence-electron chi connectivity index (χ3n) is 3.98. The van der Waals surface area contributed by atoms with Crippen LogP contribution in [-0.4, -0.2) is 32.2 Å². The van der Waals surface area contributed by atoms with E-state index in [4.69, 9.17) is 0 Å². The first kappa shape index (κ1) is 17.8. The van der Waals surface area contributed by atoms with Gasteiger partial charge in [-0.15, -0.1) is 11.3 Å². The smallest absolute Gasteiger partial charge is 0.331 e. The number of aliphatic carboxylic acids is 1. The van der Waals surface area contributed by atoms with Crippen molar-refractivity contribution in [2.75, 3.05) is 0 Å². The summed E-state index contributed by atoms with van der Waals surface area (Å²) in [6.45, 7) is 3.42. The van der Waals surface area contributed by atoms with Gasteiger partial charge in [-0.2, -0.15) is 5.10 Å². The number of aryl methyl sites for hydroxylation is 2. The number of aromatic amines is 1. The summed E-state index contributed by atoms with van der Waals surface area (Å²) in [4.78, 5) is 28.5. The number of nitrogens with zero attached hydrogens (tertiary/aromatic N) is 2. The van der Waals surface area contributed by atoms with E-state index in [2.05, 4.69) is 20.5 Å². The van der Waals surface area contributed by atoms with Gasteiger partial charge >= 0.3 is 5.97 Å². The minimum atomic E-state index is -1.18. The molecule has 8 heteroatoms. The van der Waals surface area contributed by atoms with E-state index in [0.29, 0.717) is 23.4 Å². The molecule has 0 bridgehead atoms. The van der Waals surface area contributed by atoms with E-state index in [9.17, 15) is 14.7 Å². The Morgan fingerprint density at radius 2 is 2.00 bits per heavy atom. The molecule has 2 aromatic heterocycles. The van der Waals surface area contributed by atoms with Crippen LogP contribution < -0.4 is 5.32 Å². The van der Waals surface area contributed by atoms with Gasteiger partial charge in [0.15, 0.2) is 6.04 Å². The predicted molar refractivity (Wildman–Crippen MR) is 97.3 cm³/mol. The molecule has 0 radical (unpaired) electrons. The molecular weight excluding hydrogens is 352 g/mol. The molecule has 0 fully saturated rings. The van der Waals surface area contributed by atoms with E-state index < -0.39 is 17.9 Å². The van der Waals surface area contributed by atoms with Gasteiger partial charge in [0.2, 0.25) is 0 Å². The summed E-state index contributed by atoms with van der Waals surface area (Å²) in [6.07, 6.45) is 0.626. The van der Waals surface area contributed by atoms with Gasteiger partial charge in [-0.05, 0) is 19.4 Å². The molecular formula is C18H18N4O3S. The molecule has 3 rings (SSSR count). The minimum Gasteiger partial charge on any atom is -0.479 e. The fourth-order valence-corrected chi connectivity index (χ4v) is 3.52. The Hall–Kier alpha value is -3.00. The highest BCUT2D eigenvalue weighted by Crippen LogP contribution is 2.21. The molecule has 134 valence electrons. The van der Waals surface area contributed by atoms with Crippen LogP contribution in [0.4, 0.5) is 0 Å². The molecule has 0 unspecified atom stereocenters. The first-order valence-corrected chi connectivity index (χ1v) is 8.87. The lowest BCUT2D eigenvalue weighted by molar-refractivity contribution is -0.139. The van der Waals surface area contributed by atoms with E-state index in [0.717, 1.165) is 10.6 Å². The highest BCUT2D eigenvalue weighted by atomic mass is 32.1. The van der Waals surface area contributed by atoms with Crippen LogP contribution in [0.1, 0.15) is 44.1 Å². The molecule has 0 aliphatic heterocycles. The van der Waals surface area contributed by atoms with Crippen LogP contribution in [0.15, 0.2) is 35.7 Å². The van der Waals surface area contributed by atoms with Crippen LogP contribution in [0, 0.1) is 13.8 Å². The second kappa shape index (κ2) is 7.49. The number of aromatic nitrogens is 3. The summed E-state index contributed by atoms with van der Waals surface area (Å²) < 4.78 is 0. The number of benzene rings is 1. The van der Waals surface area contributed by atoms with E-state index in [1.807, 2.05) is 30.3 Å². The lowest BCUT2D eigenvalue weighted by atomic mass is 10.0. The molecule has 3 aromatic rings. The fraction of sp³-hybridized carbons (Fsp3) is 0.222. The zero-order chi connectivity index (χ0) is 18.7. The second-order valence-corrected chi connectivity index (χ2v) is 6.82. The number of rotatable bonds is 6. The van der Waals surface area contributed by atoms with Crippen LogP contribution in [0.25, 0.3) is 0 Å². The summed E-state index contributed by atoms with van der Waals surface area (Å²) in [7, 11) is 0. The van der Waals surface area contributed by atoms with E-state index in [-0.39, 0.29) is 5.69 Å². The SMILES string of the molecule is Cc1n[nH]c(C)c1[C@@H](NC(=O)c1csc(Cc2ccccc2)n1)C(=O)O. The molecule has 2 heterocycles. The number of hydrogen-bond donors (Lipinski definition) is 3. The number of amides is 1. The van der Waals surface area contributed by atoms with Gasteiger partial charge in [0, 0.05) is 23.1 Å². The Labute approximate surface area is 154 Å². The molecule has 1 aromatic carbocycles. The molecule has 0 saturated heterocycles. The Bertz CT molecular complexity index is 914. The monoisotopic (exact) mass is 370 g/mol. The predicted octanol–water partition coefficient (Wildman–Crippen LogP) is 2.63. The van der Waals surface area contributed by atoms with Crippen LogP contribution in [0.2, 0.25) is 0 Å². The highest BCUT2D eigenvalue weighted by Gasteiger charge is 2.28. The third kappa shape index (κ3) is 3.80. The average Bonchev–Trinajstić information content (AvgIpc) is 3.20. The minimum absolute atomic E-state index is 0.214. The first-order valence-electron chi connectivity index (χ1n) is 7.99. The van der Waals surface area contributed by atoms with Gasteiger partial charge in [0.25, 0.3) is 5.91 Å². The van der Waals surface area contributed by atoms with Gasteiger partial charge in [0.1, 0.15) is 5.69 Å². The van der Waals surface area contributed by atoms with Crippen LogP contribution >= 0.6 is 11.3 Å². The van der Waals surface area contributed by atoms with Crippen molar-refractivity contribution in [1.82, 2.24) is 20.5 Å². The number of carbonyl (C=O) groups excluding carboxylic acids is 1. The third-order valence-corrected chi connectivity index (χ3v) is 4.83. The Balaban J connectivity index is 1.76. The van der Waals surface area contributed by atoms with Crippen molar-refractivity contribution in [1.29, 1.82) is 0 Å². The molecule has 3 N–H and O–H groups in total. The number of carbonyl (C=O) groups is 2. The van der Waals surface area contributed by atoms with Crippen LogP contribution in [-0.2, 0) is 11.2 Å². The second-order valence-electron chi connectivity index (χ2n) is 5.88. The maximum absolute atomic E-state index is 12.5. The van der Waals surface area contributed by atoms with E-state index in [1.165, 1.54) is 11.3 Å². The summed E-state index contributed by atoms with van der Waals surface area (Å²) in [6, 6.07) is 8.64. The standard InChI is InChI=1S/C18H18N4O3S/c1-10-15(11(2)22-21-10)16(18(24)25)20-17(23)13-9-26-14(19-13)8-12-6-4-3-5-7-12/h3-7,9,16H,8H2,1-2H3,(H,20,23)(H,21,22)(H,24,25)/t16-/m1/s1. The summed E-state index contributed by atoms with van der Waals surface area (Å²) in [5.41, 5.74) is 2.93. The Kier molecular flexibility index (Phi) is 5.13. The van der Waals surface area contributed by atoms with Crippen LogP contribution in [0.3, 0.4) is 0 Å². The van der Waals surface area contributed by atoms with Crippen molar-refractivity contribution in [3.63, 3.8) is 0 Å². The summed E-state index contributed by atoms with van der Waals surface area (Å²) in [5, 5.41) is 21.2. The number of carboxylic acid groups (broad SMARTS) is 1. The van der Waals surface area contributed by atoms with E-state index in [1.54, 1.807) is 19.2 Å². The quantitative estimate of drug-likeness (QED) is 0.618. The van der Waals surface area contributed by atoms with Crippen molar-refractivity contribution >= 4 is 23.2 Å². The number of H-pyrrole nitrogens is 1. The van der Waals surface area contributed by atoms with Crippen molar-refractivity contribution in [2.24, 2.45) is 0 Å². The van der Waals surface area contributed by atoms with Crippen molar-refractivity contribution in [3.8, 4) is 0 Å². The lowest BCUT2D eigenvalue weighted by Gasteiger charge is -2.14. The maximum atomic E-state index is 12.5. The average molecular weight is 370 g/mol. The molecule has 0 aliphatic carbocycles.